The van der Waals surface area contributed by atoms with Gasteiger partial charge >= 0.3 is 0 Å². The van der Waals surface area contributed by atoms with Crippen LogP contribution in [-0.4, -0.2) is 23.9 Å². The van der Waals surface area contributed by atoms with Gasteiger partial charge in [-0.05, 0) is 29.5 Å². The van der Waals surface area contributed by atoms with E-state index in [9.17, 15) is 4.79 Å². The Morgan fingerprint density at radius 3 is 2.29 bits per heavy atom. The molecular weight excluding hydrogens is 242 g/mol. The number of nitrogens with zero attached hydrogens (tertiary/aromatic N) is 1. The van der Waals surface area contributed by atoms with E-state index in [1.807, 2.05) is 4.90 Å². The summed E-state index contributed by atoms with van der Waals surface area (Å²) < 4.78 is 0. The van der Waals surface area contributed by atoms with Crippen molar-refractivity contribution in [3.63, 3.8) is 0 Å². The molecule has 0 aromatic rings. The first-order chi connectivity index (χ1) is 6.81. The van der Waals surface area contributed by atoms with Crippen molar-refractivity contribution in [3.05, 3.63) is 0 Å². The summed E-state index contributed by atoms with van der Waals surface area (Å²) in [4.78, 5) is 15.9. The van der Waals surface area contributed by atoms with E-state index in [4.69, 9.17) is 0 Å². The molecule has 2 nitrogen and oxygen atoms in total. The van der Waals surface area contributed by atoms with Crippen LogP contribution in [0.25, 0.3) is 0 Å². The average Bonchev–Trinajstić information content (AvgIpc) is 2.61. The molecular formula is C11H14BrNO. The van der Waals surface area contributed by atoms with Gasteiger partial charge in [0.1, 0.15) is 0 Å². The van der Waals surface area contributed by atoms with Gasteiger partial charge in [-0.1, -0.05) is 12.8 Å². The van der Waals surface area contributed by atoms with E-state index in [0.29, 0.717) is 0 Å². The molecule has 14 heavy (non-hydrogen) atoms. The summed E-state index contributed by atoms with van der Waals surface area (Å²) in [5.74, 6) is 4.04. The molecule has 0 bridgehead atoms. The minimum atomic E-state index is -0.0173. The zero-order valence-corrected chi connectivity index (χ0v) is 9.72. The Kier molecular flexibility index (Phi) is 3.12. The molecule has 2 unspecified atom stereocenters. The van der Waals surface area contributed by atoms with Gasteiger partial charge < -0.3 is 4.90 Å². The number of rotatable bonds is 0. The first-order valence-electron chi connectivity index (χ1n) is 5.22. The maximum Gasteiger partial charge on any atom is 0.299 e. The summed E-state index contributed by atoms with van der Waals surface area (Å²) in [6.45, 7) is 1.87. The second kappa shape index (κ2) is 4.35. The highest BCUT2D eigenvalue weighted by Gasteiger charge is 2.35. The highest BCUT2D eigenvalue weighted by Crippen LogP contribution is 2.35. The minimum Gasteiger partial charge on any atom is -0.331 e. The van der Waals surface area contributed by atoms with E-state index in [-0.39, 0.29) is 5.91 Å². The van der Waals surface area contributed by atoms with E-state index in [0.717, 1.165) is 24.9 Å². The average molecular weight is 256 g/mol. The van der Waals surface area contributed by atoms with Crippen LogP contribution in [0.3, 0.4) is 0 Å². The molecule has 1 saturated heterocycles. The molecule has 2 fully saturated rings. The van der Waals surface area contributed by atoms with Crippen LogP contribution >= 0.6 is 15.9 Å². The zero-order chi connectivity index (χ0) is 9.97. The summed E-state index contributed by atoms with van der Waals surface area (Å²) in [5.41, 5.74) is 0. The van der Waals surface area contributed by atoms with Crippen LogP contribution in [0.4, 0.5) is 0 Å². The molecule has 0 N–H and O–H groups in total. The zero-order valence-electron chi connectivity index (χ0n) is 8.13. The van der Waals surface area contributed by atoms with Gasteiger partial charge in [0.15, 0.2) is 0 Å². The van der Waals surface area contributed by atoms with Gasteiger partial charge in [-0.15, -0.1) is 0 Å². The van der Waals surface area contributed by atoms with Gasteiger partial charge in [-0.3, -0.25) is 4.79 Å². The van der Waals surface area contributed by atoms with Crippen LogP contribution < -0.4 is 0 Å². The normalized spacial score (nSPS) is 30.5. The van der Waals surface area contributed by atoms with Gasteiger partial charge in [-0.25, -0.2) is 0 Å². The van der Waals surface area contributed by atoms with Crippen molar-refractivity contribution in [2.45, 2.75) is 25.7 Å². The van der Waals surface area contributed by atoms with Gasteiger partial charge in [0, 0.05) is 34.9 Å². The number of carbonyl (C=O) groups excluding carboxylic acids is 1. The number of carbonyl (C=O) groups is 1. The predicted octanol–water partition coefficient (Wildman–Crippen LogP) is 1.99. The first kappa shape index (κ1) is 10.0. The first-order valence-corrected chi connectivity index (χ1v) is 6.01. The van der Waals surface area contributed by atoms with E-state index >= 15 is 0 Å². The molecule has 3 heteroatoms. The second-order valence-corrected chi connectivity index (χ2v) is 4.63. The van der Waals surface area contributed by atoms with E-state index in [1.54, 1.807) is 0 Å². The van der Waals surface area contributed by atoms with Crippen molar-refractivity contribution in [1.29, 1.82) is 0 Å². The van der Waals surface area contributed by atoms with Crippen molar-refractivity contribution in [2.24, 2.45) is 11.8 Å². The van der Waals surface area contributed by atoms with Crippen molar-refractivity contribution >= 4 is 21.8 Å². The molecule has 0 aromatic carbocycles. The number of hydrogen-bond donors (Lipinski definition) is 0. The number of hydrogen-bond acceptors (Lipinski definition) is 1. The lowest BCUT2D eigenvalue weighted by atomic mass is 9.82. The maximum absolute atomic E-state index is 11.5. The van der Waals surface area contributed by atoms with Crippen LogP contribution in [0.2, 0.25) is 0 Å². The van der Waals surface area contributed by atoms with Crippen molar-refractivity contribution < 1.29 is 4.79 Å². The molecule has 1 heterocycles. The third kappa shape index (κ3) is 1.95. The third-order valence-corrected chi connectivity index (χ3v) is 3.62. The van der Waals surface area contributed by atoms with Gasteiger partial charge in [0.05, 0.1) is 0 Å². The van der Waals surface area contributed by atoms with E-state index < -0.39 is 0 Å². The predicted molar refractivity (Wildman–Crippen MR) is 58.7 cm³/mol. The SMILES string of the molecule is O=C(C#CBr)N1CC2CCCCC2C1. The van der Waals surface area contributed by atoms with Crippen LogP contribution in [0, 0.1) is 22.6 Å². The van der Waals surface area contributed by atoms with Crippen molar-refractivity contribution in [2.75, 3.05) is 13.1 Å². The highest BCUT2D eigenvalue weighted by atomic mass is 79.9. The topological polar surface area (TPSA) is 20.3 Å². The quantitative estimate of drug-likeness (QED) is 0.607. The Bertz CT molecular complexity index is 277. The monoisotopic (exact) mass is 255 g/mol. The van der Waals surface area contributed by atoms with Crippen LogP contribution in [0.5, 0.6) is 0 Å². The summed E-state index contributed by atoms with van der Waals surface area (Å²) in [6, 6.07) is 0. The van der Waals surface area contributed by atoms with Gasteiger partial charge in [-0.2, -0.15) is 0 Å². The summed E-state index contributed by atoms with van der Waals surface area (Å²) in [7, 11) is 0. The molecule has 76 valence electrons. The fourth-order valence-corrected chi connectivity index (χ4v) is 2.86. The molecule has 0 radical (unpaired) electrons. The van der Waals surface area contributed by atoms with Crippen LogP contribution in [0.15, 0.2) is 0 Å². The van der Waals surface area contributed by atoms with Gasteiger partial charge in [0.2, 0.25) is 0 Å². The summed E-state index contributed by atoms with van der Waals surface area (Å²) in [5, 5.41) is 0. The molecule has 1 amide bonds. The highest BCUT2D eigenvalue weighted by molar-refractivity contribution is 9.12. The smallest absolute Gasteiger partial charge is 0.299 e. The standard InChI is InChI=1S/C11H14BrNO/c12-6-5-11(14)13-7-9-3-1-2-4-10(9)8-13/h9-10H,1-4,7-8H2. The molecule has 2 aliphatic rings. The molecule has 2 rings (SSSR count). The molecule has 0 aromatic heterocycles. The summed E-state index contributed by atoms with van der Waals surface area (Å²) in [6.07, 6.45) is 5.28. The largest absolute Gasteiger partial charge is 0.331 e. The fourth-order valence-electron chi connectivity index (χ4n) is 2.69. The molecule has 0 spiro atoms. The van der Waals surface area contributed by atoms with Crippen LogP contribution in [0.1, 0.15) is 25.7 Å². The molecule has 1 aliphatic heterocycles. The Morgan fingerprint density at radius 1 is 1.21 bits per heavy atom. The molecule has 2 atom stereocenters. The second-order valence-electron chi connectivity index (χ2n) is 4.23. The molecule has 1 saturated carbocycles. The van der Waals surface area contributed by atoms with E-state index in [2.05, 4.69) is 26.7 Å². The number of fused-ring (bicyclic) bond motifs is 1. The van der Waals surface area contributed by atoms with Crippen LogP contribution in [-0.2, 0) is 4.79 Å². The number of amides is 1. The maximum atomic E-state index is 11.5. The van der Waals surface area contributed by atoms with Crippen molar-refractivity contribution in [1.82, 2.24) is 4.90 Å². The van der Waals surface area contributed by atoms with Crippen molar-refractivity contribution in [3.8, 4) is 10.8 Å². The Hall–Kier alpha value is -0.490. The Labute approximate surface area is 93.2 Å². The lowest BCUT2D eigenvalue weighted by Gasteiger charge is -2.22. The Morgan fingerprint density at radius 2 is 1.79 bits per heavy atom. The third-order valence-electron chi connectivity index (χ3n) is 3.42. The number of likely N-dealkylation sites (tertiary alicyclic amines) is 1. The fraction of sp³-hybridized carbons (Fsp3) is 0.727. The summed E-state index contributed by atoms with van der Waals surface area (Å²) >= 11 is 2.97. The Balaban J connectivity index is 1.97. The number of halogens is 1. The lowest BCUT2D eigenvalue weighted by Crippen LogP contribution is -2.27. The molecule has 1 aliphatic carbocycles. The lowest BCUT2D eigenvalue weighted by molar-refractivity contribution is -0.124. The minimum absolute atomic E-state index is 0.0173. The van der Waals surface area contributed by atoms with Gasteiger partial charge in [0.25, 0.3) is 5.91 Å². The van der Waals surface area contributed by atoms with E-state index in [1.165, 1.54) is 25.7 Å².